The predicted molar refractivity (Wildman–Crippen MR) is 140 cm³/mol. The summed E-state index contributed by atoms with van der Waals surface area (Å²) in [6.07, 6.45) is 3.52. The summed E-state index contributed by atoms with van der Waals surface area (Å²) in [6.45, 7) is 2.14. The van der Waals surface area contributed by atoms with Gasteiger partial charge in [-0.1, -0.05) is 84.9 Å². The monoisotopic (exact) mass is 453 g/mol. The van der Waals surface area contributed by atoms with Crippen LogP contribution in [0.3, 0.4) is 0 Å². The first-order valence-corrected chi connectivity index (χ1v) is 13.0. The molecule has 35 heavy (non-hydrogen) atoms. The lowest BCUT2D eigenvalue weighted by Crippen LogP contribution is -2.52. The number of benzene rings is 4. The van der Waals surface area contributed by atoms with Gasteiger partial charge >= 0.3 is 0 Å². The van der Waals surface area contributed by atoms with Crippen LogP contribution in [0, 0.1) is 5.92 Å². The molecule has 0 aromatic heterocycles. The Labute approximate surface area is 206 Å². The molecule has 2 aliphatic carbocycles. The summed E-state index contributed by atoms with van der Waals surface area (Å²) in [5.74, 6) is 1.02. The Morgan fingerprint density at radius 2 is 1.17 bits per heavy atom. The van der Waals surface area contributed by atoms with Crippen LogP contribution in [0.5, 0.6) is 0 Å². The number of Topliss-reactive ketones (excluding diaryl/α,β-unsaturated/α-hetero) is 1. The van der Waals surface area contributed by atoms with Crippen LogP contribution in [0.15, 0.2) is 91.0 Å². The van der Waals surface area contributed by atoms with Gasteiger partial charge in [0.05, 0.1) is 11.5 Å². The number of carbonyl (C=O) groups is 1. The van der Waals surface area contributed by atoms with Crippen LogP contribution in [0.25, 0.3) is 22.3 Å². The number of rotatable bonds is 2. The molecule has 3 aliphatic heterocycles. The highest BCUT2D eigenvalue weighted by atomic mass is 16.1. The molecule has 3 fully saturated rings. The zero-order chi connectivity index (χ0) is 23.1. The van der Waals surface area contributed by atoms with E-state index in [1.54, 1.807) is 0 Å². The van der Waals surface area contributed by atoms with Crippen molar-refractivity contribution in [3.8, 4) is 22.3 Å². The molecule has 2 bridgehead atoms. The molecule has 1 atom stereocenters. The van der Waals surface area contributed by atoms with Crippen LogP contribution in [0.4, 0.5) is 0 Å². The molecule has 0 amide bonds. The number of fused-ring (bicyclic) bond motifs is 13. The normalized spacial score (nSPS) is 24.1. The van der Waals surface area contributed by atoms with E-state index in [1.807, 2.05) is 0 Å². The van der Waals surface area contributed by atoms with E-state index in [9.17, 15) is 4.79 Å². The minimum Gasteiger partial charge on any atom is -0.293 e. The molecular weight excluding hydrogens is 426 g/mol. The minimum atomic E-state index is -0.374. The first-order valence-electron chi connectivity index (χ1n) is 13.0. The summed E-state index contributed by atoms with van der Waals surface area (Å²) in [4.78, 5) is 16.3. The van der Waals surface area contributed by atoms with Gasteiger partial charge in [-0.15, -0.1) is 0 Å². The zero-order valence-corrected chi connectivity index (χ0v) is 19.7. The van der Waals surface area contributed by atoms with E-state index in [-0.39, 0.29) is 11.5 Å². The van der Waals surface area contributed by atoms with Crippen LogP contribution in [-0.2, 0) is 5.41 Å². The largest absolute Gasteiger partial charge is 0.293 e. The Kier molecular flexibility index (Phi) is 3.97. The number of hydrogen-bond donors (Lipinski definition) is 0. The molecule has 2 heteroatoms. The van der Waals surface area contributed by atoms with Gasteiger partial charge in [0.1, 0.15) is 0 Å². The molecule has 3 saturated heterocycles. The maximum atomic E-state index is 13.9. The Bertz CT molecular complexity index is 1460. The number of piperidine rings is 3. The molecule has 0 N–H and O–H groups in total. The third-order valence-corrected chi connectivity index (χ3v) is 9.23. The molecule has 0 unspecified atom stereocenters. The van der Waals surface area contributed by atoms with Crippen molar-refractivity contribution in [3.05, 3.63) is 119 Å². The molecule has 1 spiro atoms. The van der Waals surface area contributed by atoms with Crippen LogP contribution in [0.1, 0.15) is 51.9 Å². The lowest BCUT2D eigenvalue weighted by Gasteiger charge is -2.44. The Morgan fingerprint density at radius 1 is 0.657 bits per heavy atom. The van der Waals surface area contributed by atoms with Gasteiger partial charge in [0.25, 0.3) is 0 Å². The SMILES string of the molecule is O=C(c1ccc2c(c1)C1(c3ccccc3-c3ccccc31)c1ccccc1-2)[C@@H]1CC2CCN1CC2. The molecule has 3 heterocycles. The van der Waals surface area contributed by atoms with E-state index in [2.05, 4.69) is 95.9 Å². The van der Waals surface area contributed by atoms with Crippen molar-refractivity contribution in [2.45, 2.75) is 30.7 Å². The average molecular weight is 454 g/mol. The highest BCUT2D eigenvalue weighted by Gasteiger charge is 2.51. The van der Waals surface area contributed by atoms with Crippen LogP contribution in [-0.4, -0.2) is 29.8 Å². The Morgan fingerprint density at radius 3 is 1.69 bits per heavy atom. The molecule has 0 radical (unpaired) electrons. The predicted octanol–water partition coefficient (Wildman–Crippen LogP) is 6.70. The van der Waals surface area contributed by atoms with Gasteiger partial charge in [0, 0.05) is 5.56 Å². The second kappa shape index (κ2) is 7.02. The van der Waals surface area contributed by atoms with Crippen LogP contribution >= 0.6 is 0 Å². The van der Waals surface area contributed by atoms with Crippen LogP contribution < -0.4 is 0 Å². The van der Waals surface area contributed by atoms with Gasteiger partial charge in [-0.25, -0.2) is 0 Å². The second-order valence-electron chi connectivity index (χ2n) is 10.7. The zero-order valence-electron chi connectivity index (χ0n) is 19.7. The lowest BCUT2D eigenvalue weighted by atomic mass is 9.70. The maximum absolute atomic E-state index is 13.9. The van der Waals surface area contributed by atoms with Crippen molar-refractivity contribution in [1.29, 1.82) is 0 Å². The number of carbonyl (C=O) groups excluding carboxylic acids is 1. The van der Waals surface area contributed by atoms with Crippen molar-refractivity contribution < 1.29 is 4.79 Å². The summed E-state index contributed by atoms with van der Waals surface area (Å²) in [7, 11) is 0. The van der Waals surface area contributed by atoms with Crippen molar-refractivity contribution in [2.75, 3.05) is 13.1 Å². The molecule has 4 aromatic carbocycles. The quantitative estimate of drug-likeness (QED) is 0.272. The molecular formula is C33H27NO. The van der Waals surface area contributed by atoms with Gasteiger partial charge in [-0.2, -0.15) is 0 Å². The van der Waals surface area contributed by atoms with Gasteiger partial charge in [0.15, 0.2) is 5.78 Å². The van der Waals surface area contributed by atoms with Crippen LogP contribution in [0.2, 0.25) is 0 Å². The first kappa shape index (κ1) is 19.8. The lowest BCUT2D eigenvalue weighted by molar-refractivity contribution is 0.0406. The van der Waals surface area contributed by atoms with Crippen molar-refractivity contribution in [1.82, 2.24) is 4.90 Å². The smallest absolute Gasteiger partial charge is 0.179 e. The van der Waals surface area contributed by atoms with Gasteiger partial charge in [-0.3, -0.25) is 9.69 Å². The van der Waals surface area contributed by atoms with E-state index in [1.165, 1.54) is 57.3 Å². The highest BCUT2D eigenvalue weighted by Crippen LogP contribution is 2.62. The molecule has 0 saturated carbocycles. The summed E-state index contributed by atoms with van der Waals surface area (Å²) in [6, 6.07) is 33.1. The van der Waals surface area contributed by atoms with Crippen molar-refractivity contribution >= 4 is 5.78 Å². The fourth-order valence-corrected chi connectivity index (χ4v) is 7.68. The van der Waals surface area contributed by atoms with E-state index < -0.39 is 0 Å². The minimum absolute atomic E-state index is 0.0448. The third kappa shape index (κ3) is 2.45. The first-order chi connectivity index (χ1) is 17.3. The van der Waals surface area contributed by atoms with Crippen molar-refractivity contribution in [2.24, 2.45) is 5.92 Å². The Hall–Kier alpha value is -3.49. The van der Waals surface area contributed by atoms with Gasteiger partial charge in [0.2, 0.25) is 0 Å². The van der Waals surface area contributed by atoms with E-state index in [0.717, 1.165) is 25.1 Å². The van der Waals surface area contributed by atoms with E-state index in [4.69, 9.17) is 0 Å². The molecule has 9 rings (SSSR count). The standard InChI is InChI=1S/C33H27NO/c35-32(31-19-21-15-17-34(31)18-16-21)22-13-14-26-25-9-3-6-12-29(25)33(30(26)20-22)27-10-4-1-7-23(27)24-8-2-5-11-28(24)33/h1-14,20-21,31H,15-19H2/t31-/m0/s1. The maximum Gasteiger partial charge on any atom is 0.179 e. The topological polar surface area (TPSA) is 20.3 Å². The molecule has 2 nitrogen and oxygen atoms in total. The van der Waals surface area contributed by atoms with E-state index in [0.29, 0.717) is 11.7 Å². The fraction of sp³-hybridized carbons (Fsp3) is 0.242. The number of hydrogen-bond acceptors (Lipinski definition) is 2. The summed E-state index contributed by atoms with van der Waals surface area (Å²) >= 11 is 0. The average Bonchev–Trinajstić information content (AvgIpc) is 3.40. The second-order valence-corrected chi connectivity index (χ2v) is 10.7. The van der Waals surface area contributed by atoms with Gasteiger partial charge in [-0.05, 0) is 88.8 Å². The summed E-state index contributed by atoms with van der Waals surface area (Å²) < 4.78 is 0. The van der Waals surface area contributed by atoms with Gasteiger partial charge < -0.3 is 0 Å². The van der Waals surface area contributed by atoms with Crippen molar-refractivity contribution in [3.63, 3.8) is 0 Å². The molecule has 4 aromatic rings. The van der Waals surface area contributed by atoms with E-state index >= 15 is 0 Å². The summed E-state index contributed by atoms with van der Waals surface area (Å²) in [5.41, 5.74) is 10.9. The Balaban J connectivity index is 1.38. The summed E-state index contributed by atoms with van der Waals surface area (Å²) in [5, 5.41) is 0. The molecule has 170 valence electrons. The number of nitrogens with zero attached hydrogens (tertiary/aromatic N) is 1. The number of ketones is 1. The molecule has 5 aliphatic rings. The highest BCUT2D eigenvalue weighted by molar-refractivity contribution is 6.03. The fourth-order valence-electron chi connectivity index (χ4n) is 7.68. The third-order valence-electron chi connectivity index (χ3n) is 9.23.